The van der Waals surface area contributed by atoms with Crippen LogP contribution in [0.15, 0.2) is 12.2 Å². The average molecular weight is 427 g/mol. The number of hydrogen-bond acceptors (Lipinski definition) is 1. The van der Waals surface area contributed by atoms with Crippen molar-refractivity contribution < 1.29 is 5.11 Å². The molecule has 10 atom stereocenters. The summed E-state index contributed by atoms with van der Waals surface area (Å²) in [5, 5.41) is 10.6. The van der Waals surface area contributed by atoms with Gasteiger partial charge in [0, 0.05) is 0 Å². The Morgan fingerprint density at radius 2 is 1.68 bits per heavy atom. The van der Waals surface area contributed by atoms with E-state index in [1.807, 2.05) is 0 Å². The summed E-state index contributed by atoms with van der Waals surface area (Å²) in [4.78, 5) is 0. The second kappa shape index (κ2) is 7.10. The third-order valence-corrected chi connectivity index (χ3v) is 13.1. The first kappa shape index (κ1) is 22.5. The van der Waals surface area contributed by atoms with E-state index < -0.39 is 0 Å². The van der Waals surface area contributed by atoms with Crippen molar-refractivity contribution in [2.24, 2.45) is 57.2 Å². The molecule has 0 unspecified atom stereocenters. The van der Waals surface area contributed by atoms with Crippen LogP contribution in [0.25, 0.3) is 0 Å². The van der Waals surface area contributed by atoms with Crippen LogP contribution in [0, 0.1) is 57.2 Å². The lowest BCUT2D eigenvalue weighted by Crippen LogP contribution is -2.55. The number of aliphatic hydroxyl groups excluding tert-OH is 1. The van der Waals surface area contributed by atoms with Gasteiger partial charge in [-0.3, -0.25) is 0 Å². The summed E-state index contributed by atoms with van der Waals surface area (Å²) in [5.74, 6) is 4.63. The van der Waals surface area contributed by atoms with Gasteiger partial charge in [0.05, 0.1) is 6.10 Å². The van der Waals surface area contributed by atoms with E-state index in [1.54, 1.807) is 0 Å². The molecule has 0 aromatic carbocycles. The van der Waals surface area contributed by atoms with Gasteiger partial charge in [0.2, 0.25) is 0 Å². The summed E-state index contributed by atoms with van der Waals surface area (Å²) in [6.45, 7) is 19.4. The van der Waals surface area contributed by atoms with Gasteiger partial charge in [0.25, 0.3) is 0 Å². The maximum absolute atomic E-state index is 10.6. The molecule has 1 nitrogen and oxygen atoms in total. The zero-order valence-corrected chi connectivity index (χ0v) is 21.5. The van der Waals surface area contributed by atoms with Crippen LogP contribution in [0.3, 0.4) is 0 Å². The second-order valence-electron chi connectivity index (χ2n) is 14.0. The molecule has 0 bridgehead atoms. The average Bonchev–Trinajstić information content (AvgIpc) is 3.31. The van der Waals surface area contributed by atoms with Gasteiger partial charge in [0.1, 0.15) is 0 Å². The number of fused-ring (bicyclic) bond motifs is 2. The summed E-state index contributed by atoms with van der Waals surface area (Å²) in [6.07, 6.45) is 15.1. The molecule has 176 valence electrons. The van der Waals surface area contributed by atoms with Crippen LogP contribution in [0.4, 0.5) is 0 Å². The van der Waals surface area contributed by atoms with E-state index in [0.717, 1.165) is 30.1 Å². The predicted octanol–water partition coefficient (Wildman–Crippen LogP) is 8.02. The van der Waals surface area contributed by atoms with Crippen molar-refractivity contribution in [3.63, 3.8) is 0 Å². The highest BCUT2D eigenvalue weighted by molar-refractivity contribution is 5.29. The van der Waals surface area contributed by atoms with E-state index in [9.17, 15) is 5.11 Å². The number of allylic oxidation sites excluding steroid dienone is 1. The lowest BCUT2D eigenvalue weighted by Gasteiger charge is -2.62. The fourth-order valence-electron chi connectivity index (χ4n) is 10.9. The van der Waals surface area contributed by atoms with Gasteiger partial charge in [-0.15, -0.1) is 0 Å². The van der Waals surface area contributed by atoms with Gasteiger partial charge >= 0.3 is 0 Å². The molecular formula is C30H50O. The van der Waals surface area contributed by atoms with E-state index in [-0.39, 0.29) is 6.10 Å². The molecule has 5 aliphatic rings. The van der Waals surface area contributed by atoms with Crippen molar-refractivity contribution >= 4 is 0 Å². The van der Waals surface area contributed by atoms with Gasteiger partial charge in [-0.05, 0) is 128 Å². The fraction of sp³-hybridized carbons (Fsp3) is 0.933. The molecule has 0 aromatic heterocycles. The Hall–Kier alpha value is -0.300. The summed E-state index contributed by atoms with van der Waals surface area (Å²) in [6, 6.07) is 0. The molecule has 0 heterocycles. The number of aliphatic hydroxyl groups is 1. The molecular weight excluding hydrogens is 376 g/mol. The first-order valence-corrected chi connectivity index (χ1v) is 13.9. The Morgan fingerprint density at radius 3 is 2.39 bits per heavy atom. The number of rotatable bonds is 5. The van der Waals surface area contributed by atoms with Crippen LogP contribution in [0.2, 0.25) is 0 Å². The molecule has 2 spiro atoms. The fourth-order valence-corrected chi connectivity index (χ4v) is 10.9. The van der Waals surface area contributed by atoms with Gasteiger partial charge in [-0.1, -0.05) is 53.7 Å². The van der Waals surface area contributed by atoms with Gasteiger partial charge in [0.15, 0.2) is 0 Å². The van der Waals surface area contributed by atoms with E-state index >= 15 is 0 Å². The standard InChI is InChI=1S/C30H50O/c1-19(2)20(3)8-9-21(4)23-12-14-28(7)26-11-10-24-22(5)25(31)13-15-29(24)18-30(26,29)17-16-27(23,28)6/h19,21-26,31H,3,8-18H2,1-2,4-7H3/t21-,22+,23-,24+,25+,26+,27-,28+,29-,30-/m1/s1. The highest BCUT2D eigenvalue weighted by Crippen LogP contribution is 2.88. The topological polar surface area (TPSA) is 20.2 Å². The highest BCUT2D eigenvalue weighted by atomic mass is 16.3. The molecule has 0 aliphatic heterocycles. The van der Waals surface area contributed by atoms with Crippen molar-refractivity contribution in [3.8, 4) is 0 Å². The summed E-state index contributed by atoms with van der Waals surface area (Å²) in [5.41, 5.74) is 3.76. The lowest BCUT2D eigenvalue weighted by atomic mass is 9.43. The quantitative estimate of drug-likeness (QED) is 0.441. The van der Waals surface area contributed by atoms with E-state index in [2.05, 4.69) is 48.1 Å². The molecule has 5 rings (SSSR count). The summed E-state index contributed by atoms with van der Waals surface area (Å²) in [7, 11) is 0. The van der Waals surface area contributed by atoms with Crippen molar-refractivity contribution in [3.05, 3.63) is 12.2 Å². The maximum atomic E-state index is 10.6. The van der Waals surface area contributed by atoms with Crippen LogP contribution in [0.5, 0.6) is 0 Å². The predicted molar refractivity (Wildman–Crippen MR) is 131 cm³/mol. The van der Waals surface area contributed by atoms with Crippen LogP contribution in [-0.4, -0.2) is 11.2 Å². The number of hydrogen-bond donors (Lipinski definition) is 1. The monoisotopic (exact) mass is 426 g/mol. The van der Waals surface area contributed by atoms with Crippen molar-refractivity contribution in [2.45, 2.75) is 118 Å². The molecule has 5 saturated carbocycles. The Bertz CT molecular complexity index is 739. The lowest BCUT2D eigenvalue weighted by molar-refractivity contribution is -0.142. The molecule has 1 N–H and O–H groups in total. The molecule has 0 saturated heterocycles. The minimum absolute atomic E-state index is 0.0356. The Morgan fingerprint density at radius 1 is 0.935 bits per heavy atom. The minimum atomic E-state index is -0.0356. The zero-order chi connectivity index (χ0) is 22.4. The molecule has 31 heavy (non-hydrogen) atoms. The molecule has 0 amide bonds. The Balaban J connectivity index is 1.37. The molecule has 5 fully saturated rings. The third-order valence-electron chi connectivity index (χ3n) is 13.1. The largest absolute Gasteiger partial charge is 0.393 e. The SMILES string of the molecule is C=C(CC[C@@H](C)[C@H]1CC[C@@]2(C)[C@@H]3CC[C@H]4[C@H](C)[C@@H](O)CC[C@@]45C[C@]35CC[C@]12C)C(C)C. The third kappa shape index (κ3) is 2.77. The second-order valence-corrected chi connectivity index (χ2v) is 14.0. The van der Waals surface area contributed by atoms with Crippen LogP contribution >= 0.6 is 0 Å². The normalized spacial score (nSPS) is 53.9. The summed E-state index contributed by atoms with van der Waals surface area (Å²) >= 11 is 0. The molecule has 1 heteroatoms. The van der Waals surface area contributed by atoms with Gasteiger partial charge in [-0.25, -0.2) is 0 Å². The first-order valence-electron chi connectivity index (χ1n) is 13.9. The van der Waals surface area contributed by atoms with Gasteiger partial charge < -0.3 is 5.11 Å². The first-order chi connectivity index (χ1) is 14.5. The van der Waals surface area contributed by atoms with Crippen molar-refractivity contribution in [1.82, 2.24) is 0 Å². The van der Waals surface area contributed by atoms with Crippen LogP contribution in [0.1, 0.15) is 112 Å². The van der Waals surface area contributed by atoms with E-state index in [4.69, 9.17) is 0 Å². The Labute approximate surface area is 192 Å². The van der Waals surface area contributed by atoms with Crippen molar-refractivity contribution in [2.75, 3.05) is 0 Å². The molecule has 0 radical (unpaired) electrons. The van der Waals surface area contributed by atoms with Gasteiger partial charge in [-0.2, -0.15) is 0 Å². The molecule has 5 aliphatic carbocycles. The minimum Gasteiger partial charge on any atom is -0.393 e. The summed E-state index contributed by atoms with van der Waals surface area (Å²) < 4.78 is 0. The van der Waals surface area contributed by atoms with E-state index in [1.165, 1.54) is 69.8 Å². The molecule has 0 aromatic rings. The smallest absolute Gasteiger partial charge is 0.0568 e. The Kier molecular flexibility index (Phi) is 5.15. The van der Waals surface area contributed by atoms with E-state index in [0.29, 0.717) is 33.5 Å². The zero-order valence-electron chi connectivity index (χ0n) is 21.5. The highest BCUT2D eigenvalue weighted by Gasteiger charge is 2.81. The van der Waals surface area contributed by atoms with Crippen LogP contribution < -0.4 is 0 Å². The van der Waals surface area contributed by atoms with Crippen molar-refractivity contribution in [1.29, 1.82) is 0 Å². The van der Waals surface area contributed by atoms with Crippen LogP contribution in [-0.2, 0) is 0 Å². The maximum Gasteiger partial charge on any atom is 0.0568 e.